The average Bonchev–Trinajstić information content (AvgIpc) is 3.07. The summed E-state index contributed by atoms with van der Waals surface area (Å²) >= 11 is 0. The molecule has 0 bridgehead atoms. The van der Waals surface area contributed by atoms with Crippen LogP contribution in [-0.4, -0.2) is 167 Å². The zero-order chi connectivity index (χ0) is 37.9. The van der Waals surface area contributed by atoms with Gasteiger partial charge in [-0.3, -0.25) is 19.6 Å². The summed E-state index contributed by atoms with van der Waals surface area (Å²) in [5, 5.41) is 19.9. The van der Waals surface area contributed by atoms with Gasteiger partial charge in [-0.15, -0.1) is 0 Å². The van der Waals surface area contributed by atoms with Gasteiger partial charge in [0.25, 0.3) is 0 Å². The molecule has 19 heteroatoms. The van der Waals surface area contributed by atoms with Crippen molar-refractivity contribution in [3.63, 3.8) is 0 Å². The maximum atomic E-state index is 13.3. The third-order valence-corrected chi connectivity index (χ3v) is 6.55. The van der Waals surface area contributed by atoms with E-state index in [9.17, 15) is 24.4 Å². The van der Waals surface area contributed by atoms with E-state index in [-0.39, 0.29) is 84.3 Å². The highest BCUT2D eigenvalue weighted by molar-refractivity contribution is 5.87. The molecule has 0 aromatic carbocycles. The average molecular weight is 731 g/mol. The van der Waals surface area contributed by atoms with Crippen molar-refractivity contribution >= 4 is 23.9 Å². The van der Waals surface area contributed by atoms with E-state index in [1.54, 1.807) is 6.92 Å². The van der Waals surface area contributed by atoms with Crippen molar-refractivity contribution in [1.29, 1.82) is 0 Å². The number of methoxy groups -OCH3 is 3. The standard InChI is InChI=1S/C31H56NO18/c1-8-42-23-29(2,21-39-5)26(35)49-31(4,28(37)41-7)50-27(36)30(3,22-40-6)24-47-18-17-45-14-13-43-11-12-44-15-16-46-19-20-48-32(38)10-9-25(33)34/h8-24H2,1-7H3,(H,33,34)/q-1. The molecule has 0 aliphatic carbocycles. The van der Waals surface area contributed by atoms with E-state index >= 15 is 0 Å². The van der Waals surface area contributed by atoms with Crippen LogP contribution in [0.25, 0.3) is 0 Å². The van der Waals surface area contributed by atoms with Crippen molar-refractivity contribution in [2.24, 2.45) is 10.8 Å². The van der Waals surface area contributed by atoms with Crippen LogP contribution in [0.3, 0.4) is 0 Å². The molecule has 0 spiro atoms. The zero-order valence-electron chi connectivity index (χ0n) is 30.4. The molecular weight excluding hydrogens is 674 g/mol. The maximum absolute atomic E-state index is 13.3. The molecule has 0 aliphatic heterocycles. The first-order chi connectivity index (χ1) is 23.7. The first-order valence-corrected chi connectivity index (χ1v) is 16.0. The summed E-state index contributed by atoms with van der Waals surface area (Å²) in [6.07, 6.45) is -0.312. The first-order valence-electron chi connectivity index (χ1n) is 16.0. The highest BCUT2D eigenvalue weighted by Gasteiger charge is 2.50. The summed E-state index contributed by atoms with van der Waals surface area (Å²) in [7, 11) is 3.84. The lowest BCUT2D eigenvalue weighted by Crippen LogP contribution is -2.53. The number of hydrogen-bond acceptors (Lipinski definition) is 18. The second kappa shape index (κ2) is 27.1. The Balaban J connectivity index is 4.46. The third-order valence-electron chi connectivity index (χ3n) is 6.55. The van der Waals surface area contributed by atoms with Gasteiger partial charge in [0.2, 0.25) is 0 Å². The molecule has 0 amide bonds. The van der Waals surface area contributed by atoms with Crippen LogP contribution < -0.4 is 0 Å². The smallest absolute Gasteiger partial charge is 0.392 e. The molecule has 294 valence electrons. The molecule has 0 fully saturated rings. The Morgan fingerprint density at radius 1 is 0.600 bits per heavy atom. The predicted octanol–water partition coefficient (Wildman–Crippen LogP) is 0.593. The molecule has 0 radical (unpaired) electrons. The van der Waals surface area contributed by atoms with Crippen LogP contribution in [0.5, 0.6) is 0 Å². The number of carboxylic acids is 1. The Hall–Kier alpha value is -2.56. The molecule has 0 aliphatic rings. The fourth-order valence-electron chi connectivity index (χ4n) is 3.80. The number of ether oxygens (including phenoxy) is 11. The van der Waals surface area contributed by atoms with Gasteiger partial charge in [-0.2, -0.15) is 0 Å². The molecule has 0 saturated carbocycles. The molecule has 0 aromatic rings. The van der Waals surface area contributed by atoms with Crippen LogP contribution in [0.15, 0.2) is 0 Å². The zero-order valence-corrected chi connectivity index (χ0v) is 30.4. The SMILES string of the molecule is CCOCC(C)(COC)C(=O)OC(C)(OC(=O)C(C)(COC)COCCOCCOCCOCCOCCON([O-])CCC(=O)O)C(=O)OC. The summed E-state index contributed by atoms with van der Waals surface area (Å²) in [5.74, 6) is -6.46. The van der Waals surface area contributed by atoms with E-state index in [0.717, 1.165) is 14.0 Å². The van der Waals surface area contributed by atoms with Crippen molar-refractivity contribution < 1.29 is 81.2 Å². The predicted molar refractivity (Wildman–Crippen MR) is 171 cm³/mol. The van der Waals surface area contributed by atoms with E-state index in [0.29, 0.717) is 33.0 Å². The highest BCUT2D eigenvalue weighted by atomic mass is 16.9. The maximum Gasteiger partial charge on any atom is 0.392 e. The molecule has 3 atom stereocenters. The topological polar surface area (TPSA) is 226 Å². The van der Waals surface area contributed by atoms with Crippen molar-refractivity contribution in [2.75, 3.05) is 127 Å². The van der Waals surface area contributed by atoms with Gasteiger partial charge in [0, 0.05) is 34.3 Å². The number of hydrogen-bond donors (Lipinski definition) is 1. The molecule has 50 heavy (non-hydrogen) atoms. The van der Waals surface area contributed by atoms with Crippen LogP contribution in [0.4, 0.5) is 0 Å². The lowest BCUT2D eigenvalue weighted by Gasteiger charge is -2.35. The minimum atomic E-state index is -2.43. The van der Waals surface area contributed by atoms with E-state index in [4.69, 9.17) is 62.0 Å². The van der Waals surface area contributed by atoms with Crippen molar-refractivity contribution in [1.82, 2.24) is 5.23 Å². The summed E-state index contributed by atoms with van der Waals surface area (Å²) in [4.78, 5) is 54.3. The minimum absolute atomic E-state index is 0.00285. The largest absolute Gasteiger partial charge is 0.762 e. The second-order valence-electron chi connectivity index (χ2n) is 11.4. The van der Waals surface area contributed by atoms with Crippen LogP contribution in [0.2, 0.25) is 0 Å². The van der Waals surface area contributed by atoms with E-state index in [1.165, 1.54) is 28.1 Å². The Morgan fingerprint density at radius 3 is 1.38 bits per heavy atom. The molecule has 0 aromatic heterocycles. The van der Waals surface area contributed by atoms with Crippen LogP contribution in [0, 0.1) is 16.0 Å². The summed E-state index contributed by atoms with van der Waals surface area (Å²) < 4.78 is 58.6. The monoisotopic (exact) mass is 730 g/mol. The third kappa shape index (κ3) is 20.3. The van der Waals surface area contributed by atoms with Crippen molar-refractivity contribution in [3.05, 3.63) is 5.21 Å². The number of esters is 3. The number of nitrogens with zero attached hydrogens (tertiary/aromatic N) is 1. The Morgan fingerprint density at radius 2 is 1.00 bits per heavy atom. The van der Waals surface area contributed by atoms with Gasteiger partial charge >= 0.3 is 29.7 Å². The number of aliphatic carboxylic acids is 1. The number of hydroxylamine groups is 2. The first kappa shape index (κ1) is 47.4. The van der Waals surface area contributed by atoms with E-state index in [2.05, 4.69) is 0 Å². The Labute approximate surface area is 293 Å². The number of carbonyl (C=O) groups is 4. The van der Waals surface area contributed by atoms with Crippen molar-refractivity contribution in [3.8, 4) is 0 Å². The fraction of sp³-hybridized carbons (Fsp3) is 0.871. The van der Waals surface area contributed by atoms with E-state index in [1.807, 2.05) is 0 Å². The van der Waals surface area contributed by atoms with Gasteiger partial charge in [-0.05, 0) is 20.8 Å². The molecule has 1 N–H and O–H groups in total. The van der Waals surface area contributed by atoms with Gasteiger partial charge in [-0.1, -0.05) is 0 Å². The fourth-order valence-corrected chi connectivity index (χ4v) is 3.80. The van der Waals surface area contributed by atoms with Crippen LogP contribution in [0.1, 0.15) is 34.1 Å². The van der Waals surface area contributed by atoms with Gasteiger partial charge in [0.15, 0.2) is 0 Å². The molecule has 3 unspecified atom stereocenters. The summed E-state index contributed by atoms with van der Waals surface area (Å²) in [6.45, 7) is 7.77. The van der Waals surface area contributed by atoms with Crippen LogP contribution >= 0.6 is 0 Å². The molecular formula is C31H56NO18-. The Bertz CT molecular complexity index is 957. The normalized spacial score (nSPS) is 15.1. The second-order valence-corrected chi connectivity index (χ2v) is 11.4. The number of rotatable bonds is 33. The van der Waals surface area contributed by atoms with Gasteiger partial charge in [0.1, 0.15) is 10.8 Å². The summed E-state index contributed by atoms with van der Waals surface area (Å²) in [5.41, 5.74) is -2.71. The summed E-state index contributed by atoms with van der Waals surface area (Å²) in [6, 6.07) is 0. The van der Waals surface area contributed by atoms with Crippen molar-refractivity contribution in [2.45, 2.75) is 39.9 Å². The number of carbonyl (C=O) groups excluding carboxylic acids is 3. The number of carboxylic acid groups (broad SMARTS) is 1. The Kier molecular flexibility index (Phi) is 25.8. The molecule has 0 saturated heterocycles. The molecule has 0 rings (SSSR count). The van der Waals surface area contributed by atoms with Crippen LogP contribution in [-0.2, 0) is 76.1 Å². The molecule has 0 heterocycles. The lowest BCUT2D eigenvalue weighted by atomic mass is 9.92. The lowest BCUT2D eigenvalue weighted by molar-refractivity contribution is -0.246. The highest BCUT2D eigenvalue weighted by Crippen LogP contribution is 2.29. The quantitative estimate of drug-likeness (QED) is 0.0422. The van der Waals surface area contributed by atoms with Gasteiger partial charge in [-0.25, -0.2) is 4.79 Å². The van der Waals surface area contributed by atoms with E-state index < -0.39 is 40.5 Å². The van der Waals surface area contributed by atoms with Gasteiger partial charge < -0.3 is 67.3 Å². The minimum Gasteiger partial charge on any atom is -0.762 e. The molecule has 19 nitrogen and oxygen atoms in total. The van der Waals surface area contributed by atoms with Gasteiger partial charge in [0.05, 0.1) is 106 Å².